The van der Waals surface area contributed by atoms with Crippen LogP contribution in [-0.2, 0) is 16.6 Å². The van der Waals surface area contributed by atoms with E-state index in [4.69, 9.17) is 5.84 Å². The molecule has 0 aromatic carbocycles. The van der Waals surface area contributed by atoms with Crippen molar-refractivity contribution in [1.29, 1.82) is 0 Å². The number of aryl methyl sites for hydroxylation is 1. The predicted octanol–water partition coefficient (Wildman–Crippen LogP) is 0.891. The molecule has 0 unspecified atom stereocenters. The van der Waals surface area contributed by atoms with Gasteiger partial charge in [-0.15, -0.1) is 0 Å². The molecular formula is C13H17N5O2S. The molecule has 8 heteroatoms. The Morgan fingerprint density at radius 2 is 2.05 bits per heavy atom. The van der Waals surface area contributed by atoms with Gasteiger partial charge in [-0.3, -0.25) is 4.98 Å². The number of anilines is 1. The molecule has 112 valence electrons. The Balaban J connectivity index is 2.21. The van der Waals surface area contributed by atoms with E-state index in [9.17, 15) is 8.42 Å². The average Bonchev–Trinajstić information content (AvgIpc) is 2.47. The van der Waals surface area contributed by atoms with Gasteiger partial charge in [0.15, 0.2) is 0 Å². The number of pyridine rings is 2. The topological polar surface area (TPSA) is 101 Å². The van der Waals surface area contributed by atoms with Crippen LogP contribution >= 0.6 is 0 Å². The number of nitrogen functional groups attached to an aromatic ring is 1. The molecular weight excluding hydrogens is 290 g/mol. The Labute approximate surface area is 123 Å². The van der Waals surface area contributed by atoms with Crippen molar-refractivity contribution in [3.8, 4) is 0 Å². The van der Waals surface area contributed by atoms with Gasteiger partial charge in [0.1, 0.15) is 10.7 Å². The highest BCUT2D eigenvalue weighted by atomic mass is 32.2. The number of hydrogen-bond acceptors (Lipinski definition) is 6. The molecule has 0 amide bonds. The standard InChI is InChI=1S/C13H17N5O2S/c1-10-4-3-5-11(16-10)9-18(2)21(19,20)12-6-7-13(17-14)15-8-12/h3-8H,9,14H2,1-2H3,(H,15,17). The zero-order chi connectivity index (χ0) is 15.5. The normalized spacial score (nSPS) is 11.6. The van der Waals surface area contributed by atoms with E-state index in [1.54, 1.807) is 6.07 Å². The second kappa shape index (κ2) is 6.17. The van der Waals surface area contributed by atoms with Crippen molar-refractivity contribution >= 4 is 15.8 Å². The minimum Gasteiger partial charge on any atom is -0.308 e. The third-order valence-electron chi connectivity index (χ3n) is 2.92. The summed E-state index contributed by atoms with van der Waals surface area (Å²) < 4.78 is 26.1. The van der Waals surface area contributed by atoms with Gasteiger partial charge in [-0.1, -0.05) is 6.07 Å². The molecule has 0 fully saturated rings. The minimum atomic E-state index is -3.61. The first-order chi connectivity index (χ1) is 9.93. The van der Waals surface area contributed by atoms with E-state index in [0.29, 0.717) is 11.5 Å². The van der Waals surface area contributed by atoms with Crippen LogP contribution in [0.1, 0.15) is 11.4 Å². The maximum atomic E-state index is 12.4. The number of aromatic nitrogens is 2. The molecule has 21 heavy (non-hydrogen) atoms. The van der Waals surface area contributed by atoms with Crippen LogP contribution in [0, 0.1) is 6.92 Å². The van der Waals surface area contributed by atoms with Crippen molar-refractivity contribution in [3.05, 3.63) is 47.9 Å². The summed E-state index contributed by atoms with van der Waals surface area (Å²) >= 11 is 0. The summed E-state index contributed by atoms with van der Waals surface area (Å²) in [5.41, 5.74) is 3.89. The first-order valence-corrected chi connectivity index (χ1v) is 7.69. The summed E-state index contributed by atoms with van der Waals surface area (Å²) in [4.78, 5) is 8.32. The van der Waals surface area contributed by atoms with Crippen LogP contribution in [0.3, 0.4) is 0 Å². The highest BCUT2D eigenvalue weighted by Gasteiger charge is 2.21. The predicted molar refractivity (Wildman–Crippen MR) is 79.7 cm³/mol. The Morgan fingerprint density at radius 3 is 2.62 bits per heavy atom. The van der Waals surface area contributed by atoms with Gasteiger partial charge in [-0.25, -0.2) is 19.2 Å². The fourth-order valence-electron chi connectivity index (χ4n) is 1.80. The van der Waals surface area contributed by atoms with E-state index < -0.39 is 10.0 Å². The lowest BCUT2D eigenvalue weighted by molar-refractivity contribution is 0.461. The van der Waals surface area contributed by atoms with Gasteiger partial charge in [0.2, 0.25) is 10.0 Å². The molecule has 2 aromatic heterocycles. The second-order valence-electron chi connectivity index (χ2n) is 4.55. The van der Waals surface area contributed by atoms with E-state index >= 15 is 0 Å². The SMILES string of the molecule is Cc1cccc(CN(C)S(=O)(=O)c2ccc(NN)nc2)n1. The van der Waals surface area contributed by atoms with Crippen LogP contribution in [0.4, 0.5) is 5.82 Å². The molecule has 0 atom stereocenters. The number of nitrogens with two attached hydrogens (primary N) is 1. The lowest BCUT2D eigenvalue weighted by Gasteiger charge is -2.17. The molecule has 0 radical (unpaired) electrons. The van der Waals surface area contributed by atoms with E-state index in [0.717, 1.165) is 5.69 Å². The summed E-state index contributed by atoms with van der Waals surface area (Å²) in [6.45, 7) is 2.06. The average molecular weight is 307 g/mol. The summed E-state index contributed by atoms with van der Waals surface area (Å²) in [5, 5.41) is 0. The first-order valence-electron chi connectivity index (χ1n) is 6.25. The quantitative estimate of drug-likeness (QED) is 0.628. The van der Waals surface area contributed by atoms with Gasteiger partial charge >= 0.3 is 0 Å². The smallest absolute Gasteiger partial charge is 0.244 e. The Bertz CT molecular complexity index is 716. The number of rotatable bonds is 5. The van der Waals surface area contributed by atoms with Crippen molar-refractivity contribution < 1.29 is 8.42 Å². The van der Waals surface area contributed by atoms with E-state index in [1.165, 1.54) is 29.7 Å². The molecule has 2 heterocycles. The van der Waals surface area contributed by atoms with E-state index in [1.807, 2.05) is 19.1 Å². The van der Waals surface area contributed by atoms with E-state index in [-0.39, 0.29) is 11.4 Å². The number of hydrazine groups is 1. The van der Waals surface area contributed by atoms with Crippen LogP contribution in [0.15, 0.2) is 41.4 Å². The van der Waals surface area contributed by atoms with Crippen LogP contribution in [-0.4, -0.2) is 29.7 Å². The molecule has 0 aliphatic carbocycles. The third kappa shape index (κ3) is 3.54. The Hall–Kier alpha value is -2.03. The van der Waals surface area contributed by atoms with Gasteiger partial charge in [0.05, 0.1) is 12.2 Å². The number of nitrogens with one attached hydrogen (secondary N) is 1. The van der Waals surface area contributed by atoms with Crippen LogP contribution in [0.2, 0.25) is 0 Å². The molecule has 3 N–H and O–H groups in total. The van der Waals surface area contributed by atoms with Crippen molar-refractivity contribution in [1.82, 2.24) is 14.3 Å². The lowest BCUT2D eigenvalue weighted by atomic mass is 10.3. The van der Waals surface area contributed by atoms with Crippen molar-refractivity contribution in [3.63, 3.8) is 0 Å². The zero-order valence-corrected chi connectivity index (χ0v) is 12.6. The van der Waals surface area contributed by atoms with Gasteiger partial charge in [-0.05, 0) is 31.2 Å². The van der Waals surface area contributed by atoms with Gasteiger partial charge in [0, 0.05) is 18.9 Å². The molecule has 0 spiro atoms. The van der Waals surface area contributed by atoms with Crippen molar-refractivity contribution in [2.24, 2.45) is 5.84 Å². The second-order valence-corrected chi connectivity index (χ2v) is 6.60. The molecule has 0 saturated heterocycles. The van der Waals surface area contributed by atoms with Gasteiger partial charge in [-0.2, -0.15) is 4.31 Å². The highest BCUT2D eigenvalue weighted by Crippen LogP contribution is 2.16. The first kappa shape index (κ1) is 15.4. The maximum Gasteiger partial charge on any atom is 0.244 e. The maximum absolute atomic E-state index is 12.4. The zero-order valence-electron chi connectivity index (χ0n) is 11.8. The van der Waals surface area contributed by atoms with Crippen LogP contribution in [0.5, 0.6) is 0 Å². The fraction of sp³-hybridized carbons (Fsp3) is 0.231. The van der Waals surface area contributed by atoms with Gasteiger partial charge < -0.3 is 5.43 Å². The van der Waals surface area contributed by atoms with Crippen LogP contribution < -0.4 is 11.3 Å². The summed E-state index contributed by atoms with van der Waals surface area (Å²) in [6.07, 6.45) is 1.27. The third-order valence-corrected chi connectivity index (χ3v) is 4.71. The van der Waals surface area contributed by atoms with E-state index in [2.05, 4.69) is 15.4 Å². The number of sulfonamides is 1. The summed E-state index contributed by atoms with van der Waals surface area (Å²) in [5.74, 6) is 5.60. The molecule has 0 aliphatic rings. The molecule has 0 saturated carbocycles. The van der Waals surface area contributed by atoms with Crippen LogP contribution in [0.25, 0.3) is 0 Å². The monoisotopic (exact) mass is 307 g/mol. The largest absolute Gasteiger partial charge is 0.308 e. The summed E-state index contributed by atoms with van der Waals surface area (Å²) in [6, 6.07) is 8.46. The minimum absolute atomic E-state index is 0.108. The highest BCUT2D eigenvalue weighted by molar-refractivity contribution is 7.89. The van der Waals surface area contributed by atoms with Crippen molar-refractivity contribution in [2.75, 3.05) is 12.5 Å². The number of hydrogen-bond donors (Lipinski definition) is 2. The Kier molecular flexibility index (Phi) is 4.51. The lowest BCUT2D eigenvalue weighted by Crippen LogP contribution is -2.27. The molecule has 2 aromatic rings. The summed E-state index contributed by atoms with van der Waals surface area (Å²) in [7, 11) is -2.10. The van der Waals surface area contributed by atoms with Crippen molar-refractivity contribution in [2.45, 2.75) is 18.4 Å². The fourth-order valence-corrected chi connectivity index (χ4v) is 2.89. The Morgan fingerprint density at radius 1 is 1.29 bits per heavy atom. The molecule has 0 aliphatic heterocycles. The van der Waals surface area contributed by atoms with Gasteiger partial charge in [0.25, 0.3) is 0 Å². The molecule has 0 bridgehead atoms. The molecule has 7 nitrogen and oxygen atoms in total. The number of nitrogens with zero attached hydrogens (tertiary/aromatic N) is 3. The molecule has 2 rings (SSSR count).